The third-order valence-electron chi connectivity index (χ3n) is 2.29. The predicted molar refractivity (Wildman–Crippen MR) is 45.3 cm³/mol. The largest absolute Gasteiger partial charge is 0.481 e. The maximum absolute atomic E-state index is 10.6. The number of aliphatic carboxylic acids is 1. The standard InChI is InChI=1S/C9H10N2O2/c1-5-10-3-2-8(11-5)6-4-7(6)9(12)13/h2-3,6-7H,4H2,1H3,(H,12,13). The van der Waals surface area contributed by atoms with Crippen LogP contribution in [0.3, 0.4) is 0 Å². The Hall–Kier alpha value is -1.45. The Kier molecular flexibility index (Phi) is 1.76. The lowest BCUT2D eigenvalue weighted by molar-refractivity contribution is -0.138. The van der Waals surface area contributed by atoms with Crippen molar-refractivity contribution >= 4 is 5.97 Å². The van der Waals surface area contributed by atoms with Crippen LogP contribution in [-0.2, 0) is 4.79 Å². The fourth-order valence-corrected chi connectivity index (χ4v) is 1.48. The summed E-state index contributed by atoms with van der Waals surface area (Å²) in [4.78, 5) is 18.7. The molecule has 1 heterocycles. The molecule has 1 aromatic heterocycles. The number of aromatic nitrogens is 2. The Bertz CT molecular complexity index is 351. The zero-order valence-corrected chi connectivity index (χ0v) is 7.27. The lowest BCUT2D eigenvalue weighted by atomic mass is 10.2. The molecule has 1 fully saturated rings. The van der Waals surface area contributed by atoms with Crippen LogP contribution in [0.15, 0.2) is 12.3 Å². The van der Waals surface area contributed by atoms with E-state index in [0.717, 1.165) is 5.69 Å². The first kappa shape index (κ1) is 8.16. The first-order valence-corrected chi connectivity index (χ1v) is 4.21. The van der Waals surface area contributed by atoms with E-state index in [1.165, 1.54) is 0 Å². The second-order valence-electron chi connectivity index (χ2n) is 3.32. The van der Waals surface area contributed by atoms with Crippen LogP contribution in [0.5, 0.6) is 0 Å². The van der Waals surface area contributed by atoms with Gasteiger partial charge in [-0.25, -0.2) is 9.97 Å². The van der Waals surface area contributed by atoms with Gasteiger partial charge in [-0.2, -0.15) is 0 Å². The van der Waals surface area contributed by atoms with Gasteiger partial charge in [-0.1, -0.05) is 0 Å². The quantitative estimate of drug-likeness (QED) is 0.733. The smallest absolute Gasteiger partial charge is 0.307 e. The van der Waals surface area contributed by atoms with Crippen molar-refractivity contribution in [1.29, 1.82) is 0 Å². The SMILES string of the molecule is Cc1nccc(C2CC2C(=O)O)n1. The first-order valence-electron chi connectivity index (χ1n) is 4.21. The molecule has 0 bridgehead atoms. The van der Waals surface area contributed by atoms with Gasteiger partial charge in [-0.05, 0) is 19.4 Å². The van der Waals surface area contributed by atoms with E-state index in [4.69, 9.17) is 5.11 Å². The van der Waals surface area contributed by atoms with Crippen molar-refractivity contribution in [2.45, 2.75) is 19.3 Å². The number of carboxylic acid groups (broad SMARTS) is 1. The van der Waals surface area contributed by atoms with E-state index in [1.54, 1.807) is 12.3 Å². The summed E-state index contributed by atoms with van der Waals surface area (Å²) in [5.74, 6) is -0.136. The van der Waals surface area contributed by atoms with E-state index < -0.39 is 5.97 Å². The number of carbonyl (C=O) groups is 1. The summed E-state index contributed by atoms with van der Waals surface area (Å²) in [6.45, 7) is 1.81. The third-order valence-corrected chi connectivity index (χ3v) is 2.29. The second kappa shape index (κ2) is 2.80. The zero-order chi connectivity index (χ0) is 9.42. The first-order chi connectivity index (χ1) is 6.18. The van der Waals surface area contributed by atoms with Crippen molar-refractivity contribution in [1.82, 2.24) is 9.97 Å². The lowest BCUT2D eigenvalue weighted by Crippen LogP contribution is -2.00. The number of hydrogen-bond donors (Lipinski definition) is 1. The molecule has 1 aliphatic carbocycles. The molecular weight excluding hydrogens is 168 g/mol. The second-order valence-corrected chi connectivity index (χ2v) is 3.32. The molecule has 1 N–H and O–H groups in total. The minimum absolute atomic E-state index is 0.110. The summed E-state index contributed by atoms with van der Waals surface area (Å²) in [6, 6.07) is 1.79. The van der Waals surface area contributed by atoms with Crippen molar-refractivity contribution in [3.63, 3.8) is 0 Å². The number of carboxylic acids is 1. The van der Waals surface area contributed by atoms with Crippen molar-refractivity contribution in [2.24, 2.45) is 5.92 Å². The number of rotatable bonds is 2. The monoisotopic (exact) mass is 178 g/mol. The van der Waals surface area contributed by atoms with Crippen LogP contribution in [-0.4, -0.2) is 21.0 Å². The summed E-state index contributed by atoms with van der Waals surface area (Å²) in [6.07, 6.45) is 2.39. The number of hydrogen-bond acceptors (Lipinski definition) is 3. The van der Waals surface area contributed by atoms with Crippen LogP contribution in [0, 0.1) is 12.8 Å². The van der Waals surface area contributed by atoms with Gasteiger partial charge in [0.2, 0.25) is 0 Å². The zero-order valence-electron chi connectivity index (χ0n) is 7.27. The molecular formula is C9H10N2O2. The molecule has 2 atom stereocenters. The van der Waals surface area contributed by atoms with E-state index in [-0.39, 0.29) is 11.8 Å². The van der Waals surface area contributed by atoms with Crippen LogP contribution in [0.1, 0.15) is 23.9 Å². The highest BCUT2D eigenvalue weighted by molar-refractivity contribution is 5.75. The lowest BCUT2D eigenvalue weighted by Gasteiger charge is -1.97. The highest BCUT2D eigenvalue weighted by Crippen LogP contribution is 2.46. The van der Waals surface area contributed by atoms with Crippen LogP contribution >= 0.6 is 0 Å². The Morgan fingerprint density at radius 3 is 3.00 bits per heavy atom. The average molecular weight is 178 g/mol. The van der Waals surface area contributed by atoms with Gasteiger partial charge in [0, 0.05) is 17.8 Å². The molecule has 0 amide bonds. The van der Waals surface area contributed by atoms with Crippen molar-refractivity contribution in [3.8, 4) is 0 Å². The fourth-order valence-electron chi connectivity index (χ4n) is 1.48. The molecule has 1 aliphatic rings. The van der Waals surface area contributed by atoms with Crippen LogP contribution in [0.2, 0.25) is 0 Å². The summed E-state index contributed by atoms with van der Waals surface area (Å²) < 4.78 is 0. The summed E-state index contributed by atoms with van der Waals surface area (Å²) in [7, 11) is 0. The predicted octanol–water partition coefficient (Wildman–Crippen LogP) is 0.973. The Morgan fingerprint density at radius 2 is 2.46 bits per heavy atom. The number of aryl methyl sites for hydroxylation is 1. The molecule has 2 rings (SSSR count). The minimum Gasteiger partial charge on any atom is -0.481 e. The molecule has 0 aromatic carbocycles. The molecule has 1 aromatic rings. The van der Waals surface area contributed by atoms with Gasteiger partial charge in [0.15, 0.2) is 0 Å². The molecule has 1 saturated carbocycles. The molecule has 0 spiro atoms. The normalized spacial score (nSPS) is 25.6. The maximum atomic E-state index is 10.6. The average Bonchev–Trinajstić information content (AvgIpc) is 2.82. The molecule has 0 saturated heterocycles. The third kappa shape index (κ3) is 1.52. The van der Waals surface area contributed by atoms with Gasteiger partial charge < -0.3 is 5.11 Å². The molecule has 0 aliphatic heterocycles. The molecule has 13 heavy (non-hydrogen) atoms. The van der Waals surface area contributed by atoms with E-state index in [0.29, 0.717) is 12.2 Å². The molecule has 0 radical (unpaired) electrons. The highest BCUT2D eigenvalue weighted by Gasteiger charge is 2.45. The van der Waals surface area contributed by atoms with Gasteiger partial charge in [-0.15, -0.1) is 0 Å². The van der Waals surface area contributed by atoms with E-state index in [9.17, 15) is 4.79 Å². The maximum Gasteiger partial charge on any atom is 0.307 e. The van der Waals surface area contributed by atoms with Gasteiger partial charge in [0.25, 0.3) is 0 Å². The Balaban J connectivity index is 2.16. The minimum atomic E-state index is -0.721. The van der Waals surface area contributed by atoms with Gasteiger partial charge >= 0.3 is 5.97 Å². The van der Waals surface area contributed by atoms with Crippen molar-refractivity contribution < 1.29 is 9.90 Å². The molecule has 68 valence electrons. The Morgan fingerprint density at radius 1 is 1.69 bits per heavy atom. The number of nitrogens with zero attached hydrogens (tertiary/aromatic N) is 2. The van der Waals surface area contributed by atoms with Gasteiger partial charge in [0.1, 0.15) is 5.82 Å². The van der Waals surface area contributed by atoms with E-state index >= 15 is 0 Å². The molecule has 4 heteroatoms. The van der Waals surface area contributed by atoms with Gasteiger partial charge in [0.05, 0.1) is 5.92 Å². The van der Waals surface area contributed by atoms with Gasteiger partial charge in [-0.3, -0.25) is 4.79 Å². The topological polar surface area (TPSA) is 63.1 Å². The van der Waals surface area contributed by atoms with E-state index in [1.807, 2.05) is 6.92 Å². The van der Waals surface area contributed by atoms with Crippen molar-refractivity contribution in [3.05, 3.63) is 23.8 Å². The summed E-state index contributed by atoms with van der Waals surface area (Å²) in [5.41, 5.74) is 0.861. The van der Waals surface area contributed by atoms with Crippen LogP contribution in [0.25, 0.3) is 0 Å². The molecule has 2 unspecified atom stereocenters. The summed E-state index contributed by atoms with van der Waals surface area (Å²) in [5, 5.41) is 8.71. The highest BCUT2D eigenvalue weighted by atomic mass is 16.4. The van der Waals surface area contributed by atoms with Crippen molar-refractivity contribution in [2.75, 3.05) is 0 Å². The summed E-state index contributed by atoms with van der Waals surface area (Å²) >= 11 is 0. The Labute approximate surface area is 75.6 Å². The molecule has 4 nitrogen and oxygen atoms in total. The van der Waals surface area contributed by atoms with E-state index in [2.05, 4.69) is 9.97 Å². The fraction of sp³-hybridized carbons (Fsp3) is 0.444. The van der Waals surface area contributed by atoms with Crippen LogP contribution < -0.4 is 0 Å². The van der Waals surface area contributed by atoms with Crippen LogP contribution in [0.4, 0.5) is 0 Å².